The summed E-state index contributed by atoms with van der Waals surface area (Å²) in [7, 11) is 0. The van der Waals surface area contributed by atoms with Gasteiger partial charge in [0, 0.05) is 19.0 Å². The van der Waals surface area contributed by atoms with Crippen LogP contribution >= 0.6 is 0 Å². The molecule has 1 aliphatic rings. The fraction of sp³-hybridized carbons (Fsp3) is 0.188. The van der Waals surface area contributed by atoms with Gasteiger partial charge in [0.25, 0.3) is 5.69 Å². The van der Waals surface area contributed by atoms with Crippen LogP contribution in [0.4, 0.5) is 30.2 Å². The van der Waals surface area contributed by atoms with Crippen LogP contribution in [0.2, 0.25) is 0 Å². The first-order chi connectivity index (χ1) is 11.8. The summed E-state index contributed by atoms with van der Waals surface area (Å²) in [5.41, 5.74) is -1.49. The van der Waals surface area contributed by atoms with Crippen molar-refractivity contribution in [3.8, 4) is 0 Å². The average molecular weight is 351 g/mol. The minimum absolute atomic E-state index is 0.104. The van der Waals surface area contributed by atoms with Gasteiger partial charge in [-0.25, -0.2) is 5.01 Å². The fourth-order valence-electron chi connectivity index (χ4n) is 2.68. The predicted molar refractivity (Wildman–Crippen MR) is 84.0 cm³/mol. The number of para-hydroxylation sites is 1. The third-order valence-electron chi connectivity index (χ3n) is 3.80. The Bertz CT molecular complexity index is 824. The van der Waals surface area contributed by atoms with Crippen molar-refractivity contribution in [2.45, 2.75) is 12.6 Å². The summed E-state index contributed by atoms with van der Waals surface area (Å²) in [6.07, 6.45) is -4.61. The average Bonchev–Trinajstić information content (AvgIpc) is 2.95. The molecular formula is C16H12F3N3O3. The highest BCUT2D eigenvalue weighted by molar-refractivity contribution is 6.01. The maximum Gasteiger partial charge on any atom is 0.416 e. The molecule has 130 valence electrons. The van der Waals surface area contributed by atoms with E-state index in [1.807, 2.05) is 0 Å². The van der Waals surface area contributed by atoms with Crippen LogP contribution in [0.3, 0.4) is 0 Å². The number of nitrogens with zero attached hydrogens (tertiary/aromatic N) is 3. The molecule has 0 unspecified atom stereocenters. The van der Waals surface area contributed by atoms with Crippen LogP contribution in [0.1, 0.15) is 12.0 Å². The fourth-order valence-corrected chi connectivity index (χ4v) is 2.68. The van der Waals surface area contributed by atoms with Crippen LogP contribution in [0, 0.1) is 10.1 Å². The van der Waals surface area contributed by atoms with Gasteiger partial charge in [0.1, 0.15) is 5.69 Å². The van der Waals surface area contributed by atoms with Gasteiger partial charge in [-0.05, 0) is 24.3 Å². The molecule has 0 radical (unpaired) electrons. The molecule has 25 heavy (non-hydrogen) atoms. The topological polar surface area (TPSA) is 66.7 Å². The molecule has 3 rings (SSSR count). The number of rotatable bonds is 3. The van der Waals surface area contributed by atoms with Crippen molar-refractivity contribution in [2.24, 2.45) is 0 Å². The number of halogens is 3. The molecule has 6 nitrogen and oxygen atoms in total. The summed E-state index contributed by atoms with van der Waals surface area (Å²) >= 11 is 0. The minimum atomic E-state index is -4.71. The summed E-state index contributed by atoms with van der Waals surface area (Å²) in [5, 5.41) is 13.9. The van der Waals surface area contributed by atoms with Crippen molar-refractivity contribution in [3.63, 3.8) is 0 Å². The van der Waals surface area contributed by atoms with Crippen molar-refractivity contribution in [3.05, 3.63) is 64.2 Å². The second-order valence-electron chi connectivity index (χ2n) is 5.37. The molecule has 0 spiro atoms. The number of amides is 1. The van der Waals surface area contributed by atoms with E-state index in [0.717, 1.165) is 17.1 Å². The van der Waals surface area contributed by atoms with Gasteiger partial charge in [0.05, 0.1) is 16.2 Å². The first-order valence-electron chi connectivity index (χ1n) is 7.30. The third-order valence-corrected chi connectivity index (χ3v) is 3.80. The molecule has 0 bridgehead atoms. The monoisotopic (exact) mass is 351 g/mol. The Balaban J connectivity index is 2.10. The minimum Gasteiger partial charge on any atom is -0.278 e. The van der Waals surface area contributed by atoms with E-state index in [1.54, 1.807) is 30.3 Å². The van der Waals surface area contributed by atoms with E-state index >= 15 is 0 Å². The van der Waals surface area contributed by atoms with Crippen LogP contribution in [0.15, 0.2) is 48.5 Å². The number of hydrogen-bond acceptors (Lipinski definition) is 4. The molecule has 9 heteroatoms. The van der Waals surface area contributed by atoms with Gasteiger partial charge in [-0.15, -0.1) is 0 Å². The zero-order valence-corrected chi connectivity index (χ0v) is 12.7. The van der Waals surface area contributed by atoms with Gasteiger partial charge in [0.15, 0.2) is 0 Å². The predicted octanol–water partition coefficient (Wildman–Crippen LogP) is 3.77. The van der Waals surface area contributed by atoms with Gasteiger partial charge in [-0.1, -0.05) is 18.2 Å². The Kier molecular flexibility index (Phi) is 4.07. The number of alkyl halides is 3. The second-order valence-corrected chi connectivity index (χ2v) is 5.37. The summed E-state index contributed by atoms with van der Waals surface area (Å²) < 4.78 is 38.5. The van der Waals surface area contributed by atoms with Crippen LogP contribution in [0.5, 0.6) is 0 Å². The zero-order chi connectivity index (χ0) is 18.2. The lowest BCUT2D eigenvalue weighted by atomic mass is 10.1. The van der Waals surface area contributed by atoms with E-state index in [9.17, 15) is 28.1 Å². The largest absolute Gasteiger partial charge is 0.416 e. The van der Waals surface area contributed by atoms with Crippen LogP contribution in [-0.4, -0.2) is 17.4 Å². The van der Waals surface area contributed by atoms with Crippen molar-refractivity contribution in [1.82, 2.24) is 0 Å². The summed E-state index contributed by atoms with van der Waals surface area (Å²) in [6, 6.07) is 10.8. The number of hydrogen-bond donors (Lipinski definition) is 0. The molecule has 0 aliphatic carbocycles. The molecule has 1 fully saturated rings. The van der Waals surface area contributed by atoms with E-state index < -0.39 is 28.3 Å². The van der Waals surface area contributed by atoms with Gasteiger partial charge in [-0.2, -0.15) is 13.2 Å². The number of anilines is 2. The maximum absolute atomic E-state index is 12.8. The van der Waals surface area contributed by atoms with Gasteiger partial charge in [-0.3, -0.25) is 19.9 Å². The molecule has 2 aromatic carbocycles. The Morgan fingerprint density at radius 2 is 1.76 bits per heavy atom. The van der Waals surface area contributed by atoms with Crippen LogP contribution in [-0.2, 0) is 11.0 Å². The molecule has 0 N–H and O–H groups in total. The molecule has 0 atom stereocenters. The number of nitro benzene ring substituents is 1. The lowest BCUT2D eigenvalue weighted by Gasteiger charge is -2.29. The molecule has 1 aliphatic heterocycles. The SMILES string of the molecule is O=C1CCN(c2ccccc2)N1c1ccc(C(F)(F)F)cc1[N+](=O)[O-]. The van der Waals surface area contributed by atoms with Crippen molar-refractivity contribution in [2.75, 3.05) is 16.6 Å². The standard InChI is InChI=1S/C16H12F3N3O3/c17-16(18,19)11-6-7-13(14(10-11)22(24)25)21-15(23)8-9-20(21)12-4-2-1-3-5-12/h1-7,10H,8-9H2. The lowest BCUT2D eigenvalue weighted by Crippen LogP contribution is -2.39. The van der Waals surface area contributed by atoms with Gasteiger partial charge < -0.3 is 0 Å². The van der Waals surface area contributed by atoms with Crippen molar-refractivity contribution < 1.29 is 22.9 Å². The molecule has 1 amide bonds. The maximum atomic E-state index is 12.8. The number of benzene rings is 2. The summed E-state index contributed by atoms with van der Waals surface area (Å²) in [5.74, 6) is -0.424. The first-order valence-corrected chi connectivity index (χ1v) is 7.30. The van der Waals surface area contributed by atoms with Crippen LogP contribution < -0.4 is 10.0 Å². The lowest BCUT2D eigenvalue weighted by molar-refractivity contribution is -0.384. The number of carbonyl (C=O) groups is 1. The highest BCUT2D eigenvalue weighted by atomic mass is 19.4. The van der Waals surface area contributed by atoms with Crippen molar-refractivity contribution >= 4 is 23.0 Å². The summed E-state index contributed by atoms with van der Waals surface area (Å²) in [6.45, 7) is 0.279. The molecule has 1 heterocycles. The molecular weight excluding hydrogens is 339 g/mol. The first kappa shape index (κ1) is 16.7. The van der Waals surface area contributed by atoms with E-state index in [1.165, 1.54) is 5.01 Å². The Morgan fingerprint density at radius 3 is 2.36 bits per heavy atom. The van der Waals surface area contributed by atoms with Crippen molar-refractivity contribution in [1.29, 1.82) is 0 Å². The Labute approximate surface area is 140 Å². The third kappa shape index (κ3) is 3.12. The highest BCUT2D eigenvalue weighted by Crippen LogP contribution is 2.39. The smallest absolute Gasteiger partial charge is 0.278 e. The van der Waals surface area contributed by atoms with Gasteiger partial charge >= 0.3 is 6.18 Å². The molecule has 0 aromatic heterocycles. The number of hydrazine groups is 1. The quantitative estimate of drug-likeness (QED) is 0.624. The second kappa shape index (κ2) is 6.08. The van der Waals surface area contributed by atoms with Crippen LogP contribution in [0.25, 0.3) is 0 Å². The Morgan fingerprint density at radius 1 is 1.08 bits per heavy atom. The Hall–Kier alpha value is -3.10. The number of carbonyl (C=O) groups excluding carboxylic acids is 1. The van der Waals surface area contributed by atoms with E-state index in [-0.39, 0.29) is 18.7 Å². The van der Waals surface area contributed by atoms with E-state index in [4.69, 9.17) is 0 Å². The molecule has 0 saturated carbocycles. The van der Waals surface area contributed by atoms with E-state index in [0.29, 0.717) is 11.8 Å². The van der Waals surface area contributed by atoms with Gasteiger partial charge in [0.2, 0.25) is 5.91 Å². The van der Waals surface area contributed by atoms with E-state index in [2.05, 4.69) is 0 Å². The summed E-state index contributed by atoms with van der Waals surface area (Å²) in [4.78, 5) is 22.6. The number of nitro groups is 1. The highest BCUT2D eigenvalue weighted by Gasteiger charge is 2.38. The molecule has 1 saturated heterocycles. The molecule has 2 aromatic rings. The zero-order valence-electron chi connectivity index (χ0n) is 12.7. The normalized spacial score (nSPS) is 14.9.